The molecule has 0 aromatic rings. The first-order valence-corrected chi connectivity index (χ1v) is 6.84. The van der Waals surface area contributed by atoms with Crippen molar-refractivity contribution in [2.45, 2.75) is 87.2 Å². The molecule has 0 unspecified atom stereocenters. The summed E-state index contributed by atoms with van der Waals surface area (Å²) in [5, 5.41) is 9.98. The molecule has 104 valence electrons. The van der Waals surface area contributed by atoms with E-state index in [1.807, 2.05) is 13.8 Å². The summed E-state index contributed by atoms with van der Waals surface area (Å²) >= 11 is 0. The van der Waals surface area contributed by atoms with Crippen molar-refractivity contribution in [3.63, 3.8) is 0 Å². The molecule has 1 N–H and O–H groups in total. The Balaban J connectivity index is 4.59. The average molecular weight is 242 g/mol. The van der Waals surface area contributed by atoms with E-state index in [4.69, 9.17) is 0 Å². The second kappa shape index (κ2) is 4.91. The fraction of sp³-hybridized carbons (Fsp3) is 1.00. The van der Waals surface area contributed by atoms with E-state index in [0.717, 1.165) is 12.8 Å². The predicted molar refractivity (Wildman–Crippen MR) is 77.2 cm³/mol. The zero-order valence-corrected chi connectivity index (χ0v) is 13.6. The van der Waals surface area contributed by atoms with Crippen LogP contribution >= 0.6 is 0 Å². The molecule has 1 nitrogen and oxygen atoms in total. The van der Waals surface area contributed by atoms with Gasteiger partial charge in [0.1, 0.15) is 0 Å². The highest BCUT2D eigenvalue weighted by Crippen LogP contribution is 2.44. The van der Waals surface area contributed by atoms with Crippen molar-refractivity contribution in [3.05, 3.63) is 0 Å². The molecule has 0 aliphatic rings. The van der Waals surface area contributed by atoms with Gasteiger partial charge in [-0.25, -0.2) is 0 Å². The molecule has 0 atom stereocenters. The van der Waals surface area contributed by atoms with E-state index in [9.17, 15) is 5.11 Å². The third-order valence-corrected chi connectivity index (χ3v) is 2.88. The summed E-state index contributed by atoms with van der Waals surface area (Å²) in [6, 6.07) is 0. The van der Waals surface area contributed by atoms with Gasteiger partial charge in [0.2, 0.25) is 0 Å². The number of hydrogen-bond donors (Lipinski definition) is 1. The highest BCUT2D eigenvalue weighted by atomic mass is 16.3. The van der Waals surface area contributed by atoms with E-state index >= 15 is 0 Å². The van der Waals surface area contributed by atoms with Crippen molar-refractivity contribution in [2.75, 3.05) is 0 Å². The first kappa shape index (κ1) is 17.0. The summed E-state index contributed by atoms with van der Waals surface area (Å²) in [4.78, 5) is 0. The minimum Gasteiger partial charge on any atom is -0.390 e. The summed E-state index contributed by atoms with van der Waals surface area (Å²) in [6.07, 6.45) is 3.23. The first-order chi connectivity index (χ1) is 7.12. The maximum atomic E-state index is 9.98. The van der Waals surface area contributed by atoms with Crippen molar-refractivity contribution < 1.29 is 5.11 Å². The number of hydrogen-bond acceptors (Lipinski definition) is 1. The molecule has 0 amide bonds. The number of rotatable bonds is 5. The fourth-order valence-electron chi connectivity index (χ4n) is 4.03. The summed E-state index contributed by atoms with van der Waals surface area (Å²) < 4.78 is 0. The molecule has 0 aromatic heterocycles. The monoisotopic (exact) mass is 242 g/mol. The second-order valence-corrected chi connectivity index (χ2v) is 9.23. The Morgan fingerprint density at radius 3 is 1.24 bits per heavy atom. The molecular weight excluding hydrogens is 208 g/mol. The van der Waals surface area contributed by atoms with Gasteiger partial charge in [-0.05, 0) is 49.4 Å². The van der Waals surface area contributed by atoms with Crippen LogP contribution in [0, 0.1) is 16.2 Å². The molecule has 0 saturated carbocycles. The SMILES string of the molecule is CC(C)(C)CC(C)(C)CC(C)(C)CC(C)(C)O. The summed E-state index contributed by atoms with van der Waals surface area (Å²) in [6.45, 7) is 20.0. The molecule has 0 spiro atoms. The van der Waals surface area contributed by atoms with Crippen molar-refractivity contribution >= 4 is 0 Å². The molecule has 0 bridgehead atoms. The van der Waals surface area contributed by atoms with E-state index in [2.05, 4.69) is 48.5 Å². The molecule has 0 saturated heterocycles. The minimum atomic E-state index is -0.568. The van der Waals surface area contributed by atoms with Crippen LogP contribution in [0.2, 0.25) is 0 Å². The van der Waals surface area contributed by atoms with Gasteiger partial charge in [0, 0.05) is 0 Å². The van der Waals surface area contributed by atoms with Crippen molar-refractivity contribution in [1.82, 2.24) is 0 Å². The normalized spacial score (nSPS) is 15.2. The zero-order valence-electron chi connectivity index (χ0n) is 13.6. The Bertz CT molecular complexity index is 209. The molecule has 0 radical (unpaired) electrons. The molecular formula is C16H34O. The molecule has 0 aliphatic carbocycles. The van der Waals surface area contributed by atoms with Crippen molar-refractivity contribution in [3.8, 4) is 0 Å². The molecule has 0 heterocycles. The molecule has 17 heavy (non-hydrogen) atoms. The van der Waals surface area contributed by atoms with Gasteiger partial charge >= 0.3 is 0 Å². The van der Waals surface area contributed by atoms with Gasteiger partial charge in [0.25, 0.3) is 0 Å². The van der Waals surface area contributed by atoms with Gasteiger partial charge in [0.15, 0.2) is 0 Å². The van der Waals surface area contributed by atoms with Crippen LogP contribution in [0.5, 0.6) is 0 Å². The van der Waals surface area contributed by atoms with Crippen LogP contribution in [0.15, 0.2) is 0 Å². The van der Waals surface area contributed by atoms with Gasteiger partial charge in [-0.3, -0.25) is 0 Å². The number of aliphatic hydroxyl groups is 1. The van der Waals surface area contributed by atoms with Crippen LogP contribution in [0.1, 0.15) is 81.6 Å². The lowest BCUT2D eigenvalue weighted by Crippen LogP contribution is -2.33. The summed E-state index contributed by atoms with van der Waals surface area (Å²) in [5.41, 5.74) is 0.315. The van der Waals surface area contributed by atoms with E-state index in [-0.39, 0.29) is 5.41 Å². The quantitative estimate of drug-likeness (QED) is 0.717. The lowest BCUT2D eigenvalue weighted by molar-refractivity contribution is 0.0124. The third-order valence-electron chi connectivity index (χ3n) is 2.88. The summed E-state index contributed by atoms with van der Waals surface area (Å²) in [7, 11) is 0. The van der Waals surface area contributed by atoms with Gasteiger partial charge in [-0.2, -0.15) is 0 Å². The van der Waals surface area contributed by atoms with Crippen LogP contribution < -0.4 is 0 Å². The maximum Gasteiger partial charge on any atom is 0.0596 e. The van der Waals surface area contributed by atoms with Gasteiger partial charge in [-0.15, -0.1) is 0 Å². The van der Waals surface area contributed by atoms with Crippen LogP contribution in [-0.2, 0) is 0 Å². The van der Waals surface area contributed by atoms with Crippen LogP contribution in [0.3, 0.4) is 0 Å². The van der Waals surface area contributed by atoms with Gasteiger partial charge < -0.3 is 5.11 Å². The molecule has 0 aliphatic heterocycles. The standard InChI is InChI=1S/C16H34O/c1-13(2,3)10-14(4,5)11-15(6,7)12-16(8,9)17/h17H,10-12H2,1-9H3. The topological polar surface area (TPSA) is 20.2 Å². The van der Waals surface area contributed by atoms with E-state index in [1.165, 1.54) is 6.42 Å². The fourth-order valence-corrected chi connectivity index (χ4v) is 4.03. The highest BCUT2D eigenvalue weighted by Gasteiger charge is 2.34. The van der Waals surface area contributed by atoms with Gasteiger partial charge in [0.05, 0.1) is 5.60 Å². The lowest BCUT2D eigenvalue weighted by Gasteiger charge is -2.41. The maximum absolute atomic E-state index is 9.98. The Morgan fingerprint density at radius 1 is 0.588 bits per heavy atom. The third kappa shape index (κ3) is 9.64. The minimum absolute atomic E-state index is 0.188. The summed E-state index contributed by atoms with van der Waals surface area (Å²) in [5.74, 6) is 0. The second-order valence-electron chi connectivity index (χ2n) is 9.23. The highest BCUT2D eigenvalue weighted by molar-refractivity contribution is 4.86. The lowest BCUT2D eigenvalue weighted by atomic mass is 9.66. The molecule has 0 rings (SSSR count). The Labute approximate surface area is 109 Å². The Kier molecular flexibility index (Phi) is 4.90. The molecule has 1 heteroatoms. The Hall–Kier alpha value is -0.0400. The Morgan fingerprint density at radius 2 is 0.941 bits per heavy atom. The average Bonchev–Trinajstić information content (AvgIpc) is 1.65. The van der Waals surface area contributed by atoms with E-state index in [0.29, 0.717) is 10.8 Å². The largest absolute Gasteiger partial charge is 0.390 e. The van der Waals surface area contributed by atoms with Crippen LogP contribution in [-0.4, -0.2) is 10.7 Å². The first-order valence-electron chi connectivity index (χ1n) is 6.84. The van der Waals surface area contributed by atoms with Gasteiger partial charge in [-0.1, -0.05) is 48.5 Å². The smallest absolute Gasteiger partial charge is 0.0596 e. The van der Waals surface area contributed by atoms with Crippen molar-refractivity contribution in [2.24, 2.45) is 16.2 Å². The van der Waals surface area contributed by atoms with Crippen molar-refractivity contribution in [1.29, 1.82) is 0 Å². The van der Waals surface area contributed by atoms with E-state index < -0.39 is 5.60 Å². The zero-order chi connectivity index (χ0) is 14.1. The van der Waals surface area contributed by atoms with E-state index in [1.54, 1.807) is 0 Å². The predicted octanol–water partition coefficient (Wildman–Crippen LogP) is 5.03. The molecule has 0 fully saturated rings. The molecule has 0 aromatic carbocycles. The van der Waals surface area contributed by atoms with Crippen LogP contribution in [0.4, 0.5) is 0 Å². The van der Waals surface area contributed by atoms with Crippen LogP contribution in [0.25, 0.3) is 0 Å².